The number of carboxylic acids is 1. The normalized spacial score (nSPS) is 12.5. The number of carboxylic acid groups (broad SMARTS) is 1. The van der Waals surface area contributed by atoms with Gasteiger partial charge in [-0.2, -0.15) is 0 Å². The van der Waals surface area contributed by atoms with Crippen LogP contribution in [0.2, 0.25) is 0 Å². The number of benzene rings is 2. The average Bonchev–Trinajstić information content (AvgIpc) is 3.14. The molecule has 0 unspecified atom stereocenters. The van der Waals surface area contributed by atoms with E-state index in [1.165, 1.54) is 28.0 Å². The summed E-state index contributed by atoms with van der Waals surface area (Å²) >= 11 is 0. The lowest BCUT2D eigenvalue weighted by molar-refractivity contribution is 0.0695. The number of unbranched alkanes of at least 4 members (excludes halogenated alkanes) is 1. The van der Waals surface area contributed by atoms with Gasteiger partial charge in [0.25, 0.3) is 11.8 Å². The Morgan fingerprint density at radius 1 is 1.00 bits per heavy atom. The number of carbonyl (C=O) groups is 3. The van der Waals surface area contributed by atoms with Crippen molar-refractivity contribution in [2.45, 2.75) is 32.9 Å². The fraction of sp³-hybridized carbons (Fsp3) is 0.318. The second-order valence-corrected chi connectivity index (χ2v) is 7.42. The Morgan fingerprint density at radius 2 is 1.67 bits per heavy atom. The van der Waals surface area contributed by atoms with Gasteiger partial charge in [-0.05, 0) is 35.7 Å². The summed E-state index contributed by atoms with van der Waals surface area (Å²) < 4.78 is 0. The van der Waals surface area contributed by atoms with Gasteiger partial charge < -0.3 is 25.1 Å². The molecule has 0 spiro atoms. The molecule has 0 saturated carbocycles. The van der Waals surface area contributed by atoms with Crippen molar-refractivity contribution in [1.82, 2.24) is 9.80 Å². The Kier molecular flexibility index (Phi) is 5.96. The van der Waals surface area contributed by atoms with E-state index in [0.717, 1.165) is 30.0 Å². The molecule has 0 aromatic heterocycles. The van der Waals surface area contributed by atoms with Crippen molar-refractivity contribution in [2.24, 2.45) is 0 Å². The van der Waals surface area contributed by atoms with Crippen LogP contribution in [0.4, 0.5) is 0 Å². The van der Waals surface area contributed by atoms with Crippen LogP contribution < -0.4 is 0 Å². The summed E-state index contributed by atoms with van der Waals surface area (Å²) in [6, 6.07) is 6.89. The smallest absolute Gasteiger partial charge is 0.335 e. The molecule has 158 valence electrons. The van der Waals surface area contributed by atoms with E-state index in [1.54, 1.807) is 13.1 Å². The van der Waals surface area contributed by atoms with Crippen LogP contribution in [0.5, 0.6) is 11.5 Å². The largest absolute Gasteiger partial charge is 0.507 e. The van der Waals surface area contributed by atoms with Crippen molar-refractivity contribution in [3.05, 3.63) is 58.1 Å². The molecule has 0 atom stereocenters. The third-order valence-corrected chi connectivity index (χ3v) is 5.23. The lowest BCUT2D eigenvalue weighted by Crippen LogP contribution is -2.29. The molecule has 8 nitrogen and oxygen atoms in total. The van der Waals surface area contributed by atoms with E-state index in [-0.39, 0.29) is 29.8 Å². The summed E-state index contributed by atoms with van der Waals surface area (Å²) in [5.41, 5.74) is 1.53. The number of amides is 2. The molecular formula is C22H24N2O6. The molecule has 1 aliphatic heterocycles. The van der Waals surface area contributed by atoms with E-state index < -0.39 is 29.3 Å². The molecule has 2 aromatic carbocycles. The fourth-order valence-electron chi connectivity index (χ4n) is 3.46. The maximum absolute atomic E-state index is 13.0. The van der Waals surface area contributed by atoms with Crippen LogP contribution in [0.1, 0.15) is 62.0 Å². The van der Waals surface area contributed by atoms with Gasteiger partial charge in [-0.15, -0.1) is 0 Å². The second kappa shape index (κ2) is 8.44. The number of rotatable bonds is 6. The van der Waals surface area contributed by atoms with Gasteiger partial charge in [-0.25, -0.2) is 4.79 Å². The van der Waals surface area contributed by atoms with E-state index >= 15 is 0 Å². The quantitative estimate of drug-likeness (QED) is 0.671. The molecule has 3 N–H and O–H groups in total. The van der Waals surface area contributed by atoms with Crippen LogP contribution in [-0.2, 0) is 13.1 Å². The maximum atomic E-state index is 13.0. The molecule has 1 heterocycles. The van der Waals surface area contributed by atoms with Gasteiger partial charge in [0.1, 0.15) is 11.5 Å². The van der Waals surface area contributed by atoms with Crippen LogP contribution in [-0.4, -0.2) is 56.5 Å². The minimum Gasteiger partial charge on any atom is -0.507 e. The Hall–Kier alpha value is -3.55. The first-order valence-electron chi connectivity index (χ1n) is 9.68. The molecule has 0 saturated heterocycles. The molecule has 30 heavy (non-hydrogen) atoms. The highest BCUT2D eigenvalue weighted by molar-refractivity contribution is 6.03. The van der Waals surface area contributed by atoms with Crippen LogP contribution in [0, 0.1) is 0 Å². The number of phenolic OH excluding ortho intramolecular Hbond substituents is 2. The van der Waals surface area contributed by atoms with E-state index in [4.69, 9.17) is 5.11 Å². The summed E-state index contributed by atoms with van der Waals surface area (Å²) in [4.78, 5) is 39.8. The minimum absolute atomic E-state index is 0.0559. The lowest BCUT2D eigenvalue weighted by atomic mass is 10.1. The molecule has 8 heteroatoms. The SMILES string of the molecule is CCCCN(C)C(=O)c1cc(C(=O)N2Cc3ccc(C(=O)O)cc3C2)c(O)cc1O. The highest BCUT2D eigenvalue weighted by Gasteiger charge is 2.28. The zero-order valence-electron chi connectivity index (χ0n) is 16.9. The summed E-state index contributed by atoms with van der Waals surface area (Å²) in [5, 5.41) is 29.5. The molecule has 2 amide bonds. The first-order valence-corrected chi connectivity index (χ1v) is 9.68. The first-order chi connectivity index (χ1) is 14.2. The Morgan fingerprint density at radius 3 is 2.33 bits per heavy atom. The number of nitrogens with zero attached hydrogens (tertiary/aromatic N) is 2. The first kappa shape index (κ1) is 21.2. The highest BCUT2D eigenvalue weighted by atomic mass is 16.4. The molecular weight excluding hydrogens is 388 g/mol. The van der Waals surface area contributed by atoms with Gasteiger partial charge in [0.05, 0.1) is 16.7 Å². The van der Waals surface area contributed by atoms with Gasteiger partial charge in [0, 0.05) is 32.7 Å². The van der Waals surface area contributed by atoms with Crippen LogP contribution in [0.15, 0.2) is 30.3 Å². The molecule has 1 aliphatic rings. The summed E-state index contributed by atoms with van der Waals surface area (Å²) in [6.45, 7) is 2.95. The molecule has 0 aliphatic carbocycles. The molecule has 3 rings (SSSR count). The average molecular weight is 412 g/mol. The van der Waals surface area contributed by atoms with Gasteiger partial charge >= 0.3 is 5.97 Å². The van der Waals surface area contributed by atoms with Gasteiger partial charge in [-0.3, -0.25) is 9.59 Å². The van der Waals surface area contributed by atoms with Crippen LogP contribution in [0.3, 0.4) is 0 Å². The molecule has 0 bridgehead atoms. The van der Waals surface area contributed by atoms with Crippen molar-refractivity contribution in [2.75, 3.05) is 13.6 Å². The maximum Gasteiger partial charge on any atom is 0.335 e. The lowest BCUT2D eigenvalue weighted by Gasteiger charge is -2.20. The third kappa shape index (κ3) is 4.07. The zero-order chi connectivity index (χ0) is 22.0. The van der Waals surface area contributed by atoms with Crippen LogP contribution in [0.25, 0.3) is 0 Å². The number of carbonyl (C=O) groups excluding carboxylic acids is 2. The number of hydrogen-bond acceptors (Lipinski definition) is 5. The van der Waals surface area contributed by atoms with E-state index in [2.05, 4.69) is 0 Å². The minimum atomic E-state index is -1.05. The Bertz CT molecular complexity index is 1020. The number of aromatic carboxylic acids is 1. The Balaban J connectivity index is 1.86. The topological polar surface area (TPSA) is 118 Å². The predicted molar refractivity (Wildman–Crippen MR) is 109 cm³/mol. The van der Waals surface area contributed by atoms with E-state index in [0.29, 0.717) is 6.54 Å². The zero-order valence-corrected chi connectivity index (χ0v) is 16.9. The van der Waals surface area contributed by atoms with E-state index in [9.17, 15) is 24.6 Å². The summed E-state index contributed by atoms with van der Waals surface area (Å²) in [5.74, 6) is -2.81. The predicted octanol–water partition coefficient (Wildman–Crippen LogP) is 2.82. The number of phenols is 2. The number of hydrogen-bond donors (Lipinski definition) is 3. The Labute approximate surface area is 174 Å². The summed E-state index contributed by atoms with van der Waals surface area (Å²) in [6.07, 6.45) is 1.71. The van der Waals surface area contributed by atoms with Gasteiger partial charge in [0.15, 0.2) is 0 Å². The second-order valence-electron chi connectivity index (χ2n) is 7.42. The standard InChI is InChI=1S/C22H24N2O6/c1-3-4-7-23(2)20(27)16-9-17(19(26)10-18(16)25)21(28)24-11-14-6-5-13(22(29)30)8-15(14)12-24/h5-6,8-10,25-26H,3-4,7,11-12H2,1-2H3,(H,29,30). The van der Waals surface area contributed by atoms with Crippen molar-refractivity contribution < 1.29 is 29.7 Å². The fourth-order valence-corrected chi connectivity index (χ4v) is 3.46. The number of fused-ring (bicyclic) bond motifs is 1. The van der Waals surface area contributed by atoms with Crippen molar-refractivity contribution >= 4 is 17.8 Å². The summed E-state index contributed by atoms with van der Waals surface area (Å²) in [7, 11) is 1.61. The third-order valence-electron chi connectivity index (χ3n) is 5.23. The van der Waals surface area contributed by atoms with E-state index in [1.807, 2.05) is 6.92 Å². The monoisotopic (exact) mass is 412 g/mol. The number of aromatic hydroxyl groups is 2. The van der Waals surface area contributed by atoms with Crippen molar-refractivity contribution in [3.8, 4) is 11.5 Å². The van der Waals surface area contributed by atoms with Gasteiger partial charge in [-0.1, -0.05) is 19.4 Å². The highest BCUT2D eigenvalue weighted by Crippen LogP contribution is 2.32. The molecule has 2 aromatic rings. The molecule has 0 radical (unpaired) electrons. The van der Waals surface area contributed by atoms with Crippen LogP contribution >= 0.6 is 0 Å². The molecule has 0 fully saturated rings. The van der Waals surface area contributed by atoms with Crippen molar-refractivity contribution in [3.63, 3.8) is 0 Å². The van der Waals surface area contributed by atoms with Gasteiger partial charge in [0.2, 0.25) is 0 Å². The van der Waals surface area contributed by atoms with Crippen molar-refractivity contribution in [1.29, 1.82) is 0 Å².